The van der Waals surface area contributed by atoms with Gasteiger partial charge < -0.3 is 4.98 Å². The van der Waals surface area contributed by atoms with Crippen molar-refractivity contribution in [1.82, 2.24) is 9.97 Å². The largest absolute Gasteiger partial charge is 0.432 e. The molecule has 1 N–H and O–H groups in total. The average Bonchev–Trinajstić information content (AvgIpc) is 2.63. The lowest BCUT2D eigenvalue weighted by molar-refractivity contribution is -0.140. The number of aromatic amines is 1. The van der Waals surface area contributed by atoms with Gasteiger partial charge in [0, 0.05) is 10.0 Å². The molecule has 0 aliphatic carbocycles. The van der Waals surface area contributed by atoms with Crippen LogP contribution in [0.25, 0.3) is 11.4 Å². The van der Waals surface area contributed by atoms with Gasteiger partial charge in [-0.1, -0.05) is 15.9 Å². The molecule has 0 saturated carbocycles. The second-order valence-electron chi connectivity index (χ2n) is 3.30. The summed E-state index contributed by atoms with van der Waals surface area (Å²) in [4.78, 5) is 5.67. The number of imidazole rings is 1. The number of H-pyrrole nitrogens is 1. The number of aromatic nitrogens is 2. The van der Waals surface area contributed by atoms with Crippen molar-refractivity contribution in [2.24, 2.45) is 0 Å². The predicted octanol–water partition coefficient (Wildman–Crippen LogP) is 4.00. The fourth-order valence-electron chi connectivity index (χ4n) is 1.30. The zero-order valence-electron chi connectivity index (χ0n) is 8.15. The minimum atomic E-state index is -4.49. The number of nitrogens with one attached hydrogen (secondary N) is 1. The Balaban J connectivity index is 2.44. The first-order chi connectivity index (χ1) is 7.86. The highest BCUT2D eigenvalue weighted by Gasteiger charge is 2.33. The third-order valence-corrected chi connectivity index (χ3v) is 2.48. The SMILES string of the molecule is Fc1cc(Br)cc(-c2ncc(C(F)(F)F)[nH]2)c1. The Morgan fingerprint density at radius 1 is 1.18 bits per heavy atom. The van der Waals surface area contributed by atoms with Gasteiger partial charge in [-0.25, -0.2) is 9.37 Å². The van der Waals surface area contributed by atoms with Gasteiger partial charge in [-0.2, -0.15) is 13.2 Å². The van der Waals surface area contributed by atoms with E-state index >= 15 is 0 Å². The van der Waals surface area contributed by atoms with E-state index in [-0.39, 0.29) is 11.4 Å². The van der Waals surface area contributed by atoms with Crippen LogP contribution in [0.4, 0.5) is 17.6 Å². The van der Waals surface area contributed by atoms with Crippen LogP contribution in [0, 0.1) is 5.82 Å². The lowest BCUT2D eigenvalue weighted by Gasteiger charge is -2.02. The molecule has 0 amide bonds. The second kappa shape index (κ2) is 4.14. The van der Waals surface area contributed by atoms with Crippen LogP contribution in [-0.4, -0.2) is 9.97 Å². The molecule has 0 atom stereocenters. The van der Waals surface area contributed by atoms with Crippen molar-refractivity contribution in [2.45, 2.75) is 6.18 Å². The van der Waals surface area contributed by atoms with E-state index in [1.807, 2.05) is 0 Å². The summed E-state index contributed by atoms with van der Waals surface area (Å²) in [6, 6.07) is 3.78. The molecule has 2 rings (SSSR count). The molecule has 2 nitrogen and oxygen atoms in total. The average molecular weight is 309 g/mol. The molecule has 0 bridgehead atoms. The number of hydrogen-bond acceptors (Lipinski definition) is 1. The van der Waals surface area contributed by atoms with E-state index in [9.17, 15) is 17.6 Å². The van der Waals surface area contributed by atoms with Gasteiger partial charge in [0.05, 0.1) is 6.20 Å². The minimum absolute atomic E-state index is 0.0301. The molecule has 90 valence electrons. The molecular weight excluding hydrogens is 304 g/mol. The lowest BCUT2D eigenvalue weighted by atomic mass is 10.2. The Kier molecular flexibility index (Phi) is 2.94. The van der Waals surface area contributed by atoms with E-state index in [4.69, 9.17) is 0 Å². The van der Waals surface area contributed by atoms with E-state index in [0.29, 0.717) is 10.7 Å². The van der Waals surface area contributed by atoms with Gasteiger partial charge in [-0.3, -0.25) is 0 Å². The monoisotopic (exact) mass is 308 g/mol. The highest BCUT2D eigenvalue weighted by atomic mass is 79.9. The van der Waals surface area contributed by atoms with Gasteiger partial charge in [0.15, 0.2) is 0 Å². The van der Waals surface area contributed by atoms with Crippen LogP contribution >= 0.6 is 15.9 Å². The molecule has 0 aliphatic rings. The quantitative estimate of drug-likeness (QED) is 0.793. The number of alkyl halides is 3. The molecule has 1 aromatic carbocycles. The maximum Gasteiger partial charge on any atom is 0.432 e. The minimum Gasteiger partial charge on any atom is -0.334 e. The first-order valence-corrected chi connectivity index (χ1v) is 5.24. The fourth-order valence-corrected chi connectivity index (χ4v) is 1.77. The van der Waals surface area contributed by atoms with Gasteiger partial charge in [0.1, 0.15) is 17.3 Å². The van der Waals surface area contributed by atoms with Crippen molar-refractivity contribution >= 4 is 15.9 Å². The van der Waals surface area contributed by atoms with Crippen LogP contribution in [-0.2, 0) is 6.18 Å². The first kappa shape index (κ1) is 12.1. The standard InChI is InChI=1S/C10H5BrF4N2/c11-6-1-5(2-7(12)3-6)9-16-4-8(17-9)10(13,14)15/h1-4H,(H,16,17). The van der Waals surface area contributed by atoms with Gasteiger partial charge >= 0.3 is 6.18 Å². The number of benzene rings is 1. The summed E-state index contributed by atoms with van der Waals surface area (Å²) in [5, 5.41) is 0. The van der Waals surface area contributed by atoms with E-state index in [1.165, 1.54) is 12.1 Å². The molecule has 0 saturated heterocycles. The Morgan fingerprint density at radius 3 is 2.41 bits per heavy atom. The van der Waals surface area contributed by atoms with E-state index in [0.717, 1.165) is 6.07 Å². The molecule has 0 fully saturated rings. The molecule has 2 aromatic rings. The number of halogens is 5. The number of nitrogens with zero attached hydrogens (tertiary/aromatic N) is 1. The van der Waals surface area contributed by atoms with Crippen LogP contribution in [0.5, 0.6) is 0 Å². The summed E-state index contributed by atoms with van der Waals surface area (Å²) in [6.45, 7) is 0. The summed E-state index contributed by atoms with van der Waals surface area (Å²) >= 11 is 3.05. The van der Waals surface area contributed by atoms with Gasteiger partial charge in [0.25, 0.3) is 0 Å². The molecule has 0 unspecified atom stereocenters. The zero-order chi connectivity index (χ0) is 12.6. The van der Waals surface area contributed by atoms with E-state index in [2.05, 4.69) is 25.9 Å². The molecule has 17 heavy (non-hydrogen) atoms. The van der Waals surface area contributed by atoms with Crippen molar-refractivity contribution in [3.63, 3.8) is 0 Å². The molecule has 1 aromatic heterocycles. The maximum absolute atomic E-state index is 13.1. The van der Waals surface area contributed by atoms with Gasteiger partial charge in [-0.15, -0.1) is 0 Å². The highest BCUT2D eigenvalue weighted by molar-refractivity contribution is 9.10. The van der Waals surface area contributed by atoms with Crippen LogP contribution in [0.15, 0.2) is 28.9 Å². The van der Waals surface area contributed by atoms with Gasteiger partial charge in [-0.05, 0) is 18.2 Å². The normalized spacial score (nSPS) is 11.8. The third kappa shape index (κ3) is 2.66. The van der Waals surface area contributed by atoms with Crippen LogP contribution < -0.4 is 0 Å². The Labute approximate surface area is 102 Å². The molecule has 0 aliphatic heterocycles. The van der Waals surface area contributed by atoms with E-state index < -0.39 is 17.7 Å². The van der Waals surface area contributed by atoms with Crippen LogP contribution in [0.3, 0.4) is 0 Å². The smallest absolute Gasteiger partial charge is 0.334 e. The fraction of sp³-hybridized carbons (Fsp3) is 0.100. The Bertz CT molecular complexity index is 527. The van der Waals surface area contributed by atoms with Crippen molar-refractivity contribution < 1.29 is 17.6 Å². The molecule has 0 spiro atoms. The summed E-state index contributed by atoms with van der Waals surface area (Å²) in [5.41, 5.74) is -0.722. The van der Waals surface area contributed by atoms with Crippen LogP contribution in [0.1, 0.15) is 5.69 Å². The highest BCUT2D eigenvalue weighted by Crippen LogP contribution is 2.30. The second-order valence-corrected chi connectivity index (χ2v) is 4.22. The van der Waals surface area contributed by atoms with Crippen molar-refractivity contribution in [2.75, 3.05) is 0 Å². The summed E-state index contributed by atoms with van der Waals surface area (Å²) in [5.74, 6) is -0.586. The molecule has 7 heteroatoms. The number of rotatable bonds is 1. The van der Waals surface area contributed by atoms with Crippen LogP contribution in [0.2, 0.25) is 0 Å². The predicted molar refractivity (Wildman–Crippen MR) is 56.7 cm³/mol. The summed E-state index contributed by atoms with van der Waals surface area (Å²) < 4.78 is 50.5. The summed E-state index contributed by atoms with van der Waals surface area (Å²) in [6.07, 6.45) is -3.82. The van der Waals surface area contributed by atoms with Gasteiger partial charge in [0.2, 0.25) is 0 Å². The molecular formula is C10H5BrF4N2. The molecule has 1 heterocycles. The van der Waals surface area contributed by atoms with Crippen molar-refractivity contribution in [3.05, 3.63) is 40.4 Å². The Hall–Kier alpha value is -1.37. The van der Waals surface area contributed by atoms with Crippen molar-refractivity contribution in [3.8, 4) is 11.4 Å². The summed E-state index contributed by atoms with van der Waals surface area (Å²) in [7, 11) is 0. The maximum atomic E-state index is 13.1. The Morgan fingerprint density at radius 2 is 1.88 bits per heavy atom. The third-order valence-electron chi connectivity index (χ3n) is 2.02. The lowest BCUT2D eigenvalue weighted by Crippen LogP contribution is -2.04. The number of hydrogen-bond donors (Lipinski definition) is 1. The zero-order valence-corrected chi connectivity index (χ0v) is 9.73. The van der Waals surface area contributed by atoms with Crippen molar-refractivity contribution in [1.29, 1.82) is 0 Å². The first-order valence-electron chi connectivity index (χ1n) is 4.45. The molecule has 0 radical (unpaired) electrons. The topological polar surface area (TPSA) is 28.7 Å². The van der Waals surface area contributed by atoms with E-state index in [1.54, 1.807) is 0 Å².